The van der Waals surface area contributed by atoms with Crippen molar-refractivity contribution < 1.29 is 4.79 Å². The number of hydrogen-bond donors (Lipinski definition) is 1. The second kappa shape index (κ2) is 4.43. The lowest BCUT2D eigenvalue weighted by atomic mass is 10.4. The second-order valence-corrected chi connectivity index (χ2v) is 2.68. The van der Waals surface area contributed by atoms with Crippen LogP contribution in [0.3, 0.4) is 0 Å². The Morgan fingerprint density at radius 2 is 2.46 bits per heavy atom. The zero-order valence-corrected chi connectivity index (χ0v) is 7.38. The number of carbonyl (C=O) groups excluding carboxylic acids is 1. The molecule has 0 unspecified atom stereocenters. The summed E-state index contributed by atoms with van der Waals surface area (Å²) in [5, 5.41) is 11.1. The highest BCUT2D eigenvalue weighted by molar-refractivity contribution is 6.30. The van der Waals surface area contributed by atoms with E-state index >= 15 is 0 Å². The van der Waals surface area contributed by atoms with E-state index in [2.05, 4.69) is 10.3 Å². The normalized spacial score (nSPS) is 8.92. The Morgan fingerprint density at radius 1 is 1.69 bits per heavy atom. The van der Waals surface area contributed by atoms with Gasteiger partial charge in [0.05, 0.1) is 11.1 Å². The molecular formula is C8H6ClN3O. The number of nitrogens with zero attached hydrogens (tertiary/aromatic N) is 2. The number of pyridine rings is 1. The molecule has 66 valence electrons. The summed E-state index contributed by atoms with van der Waals surface area (Å²) in [7, 11) is 0. The minimum Gasteiger partial charge on any atom is -0.310 e. The lowest BCUT2D eigenvalue weighted by Crippen LogP contribution is -2.10. The fourth-order valence-corrected chi connectivity index (χ4v) is 0.820. The van der Waals surface area contributed by atoms with E-state index in [9.17, 15) is 4.79 Å². The van der Waals surface area contributed by atoms with Crippen molar-refractivity contribution in [2.24, 2.45) is 0 Å². The molecule has 0 atom stereocenters. The van der Waals surface area contributed by atoms with Crippen LogP contribution in [0, 0.1) is 11.3 Å². The van der Waals surface area contributed by atoms with Gasteiger partial charge in [-0.3, -0.25) is 4.79 Å². The van der Waals surface area contributed by atoms with Gasteiger partial charge in [-0.2, -0.15) is 5.26 Å². The van der Waals surface area contributed by atoms with E-state index in [1.54, 1.807) is 18.2 Å². The van der Waals surface area contributed by atoms with Gasteiger partial charge >= 0.3 is 0 Å². The van der Waals surface area contributed by atoms with Gasteiger partial charge in [0, 0.05) is 6.20 Å². The van der Waals surface area contributed by atoms with E-state index in [4.69, 9.17) is 16.9 Å². The SMILES string of the molecule is N#CCC(=O)Nc1ccc(Cl)cn1. The van der Waals surface area contributed by atoms with E-state index in [0.717, 1.165) is 0 Å². The lowest BCUT2D eigenvalue weighted by molar-refractivity contribution is -0.115. The molecule has 0 aliphatic rings. The van der Waals surface area contributed by atoms with Crippen molar-refractivity contribution in [3.63, 3.8) is 0 Å². The number of amides is 1. The van der Waals surface area contributed by atoms with Crippen molar-refractivity contribution in [2.75, 3.05) is 5.32 Å². The number of aromatic nitrogens is 1. The third kappa shape index (κ3) is 3.09. The van der Waals surface area contributed by atoms with Crippen LogP contribution in [0.4, 0.5) is 5.82 Å². The highest BCUT2D eigenvalue weighted by Crippen LogP contribution is 2.09. The van der Waals surface area contributed by atoms with Crippen LogP contribution in [-0.4, -0.2) is 10.9 Å². The molecule has 4 nitrogen and oxygen atoms in total. The van der Waals surface area contributed by atoms with Crippen molar-refractivity contribution in [3.05, 3.63) is 23.4 Å². The molecule has 0 saturated carbocycles. The number of rotatable bonds is 2. The van der Waals surface area contributed by atoms with Crippen LogP contribution >= 0.6 is 11.6 Å². The zero-order chi connectivity index (χ0) is 9.68. The van der Waals surface area contributed by atoms with Crippen LogP contribution in [0.15, 0.2) is 18.3 Å². The van der Waals surface area contributed by atoms with Gasteiger partial charge < -0.3 is 5.32 Å². The minimum atomic E-state index is -0.377. The summed E-state index contributed by atoms with van der Waals surface area (Å²) in [6, 6.07) is 4.91. The molecule has 5 heteroatoms. The standard InChI is InChI=1S/C8H6ClN3O/c9-6-1-2-7(11-5-6)12-8(13)3-4-10/h1-2,5H,3H2,(H,11,12,13). The third-order valence-electron chi connectivity index (χ3n) is 1.23. The highest BCUT2D eigenvalue weighted by atomic mass is 35.5. The molecule has 0 bridgehead atoms. The molecule has 1 aromatic heterocycles. The molecule has 0 aliphatic carbocycles. The molecule has 13 heavy (non-hydrogen) atoms. The molecule has 0 aliphatic heterocycles. The summed E-state index contributed by atoms with van der Waals surface area (Å²) < 4.78 is 0. The number of nitriles is 1. The molecule has 0 saturated heterocycles. The zero-order valence-electron chi connectivity index (χ0n) is 6.62. The fourth-order valence-electron chi connectivity index (χ4n) is 0.709. The van der Waals surface area contributed by atoms with Gasteiger partial charge in [-0.25, -0.2) is 4.98 Å². The largest absolute Gasteiger partial charge is 0.310 e. The van der Waals surface area contributed by atoms with Gasteiger partial charge in [0.25, 0.3) is 0 Å². The molecule has 0 radical (unpaired) electrons. The first-order valence-corrected chi connectivity index (χ1v) is 3.88. The van der Waals surface area contributed by atoms with Gasteiger partial charge in [-0.1, -0.05) is 11.6 Å². The van der Waals surface area contributed by atoms with Gasteiger partial charge in [-0.05, 0) is 12.1 Å². The van der Waals surface area contributed by atoms with Crippen molar-refractivity contribution in [2.45, 2.75) is 6.42 Å². The maximum atomic E-state index is 10.9. The summed E-state index contributed by atoms with van der Waals surface area (Å²) >= 11 is 5.58. The summed E-state index contributed by atoms with van der Waals surface area (Å²) in [4.78, 5) is 14.7. The predicted molar refractivity (Wildman–Crippen MR) is 48.1 cm³/mol. The van der Waals surface area contributed by atoms with Crippen LogP contribution in [0.2, 0.25) is 5.02 Å². The molecule has 1 amide bonds. The first kappa shape index (κ1) is 9.49. The number of nitrogens with one attached hydrogen (secondary N) is 1. The maximum Gasteiger partial charge on any atom is 0.239 e. The lowest BCUT2D eigenvalue weighted by Gasteiger charge is -2.00. The number of hydrogen-bond acceptors (Lipinski definition) is 3. The van der Waals surface area contributed by atoms with E-state index in [1.165, 1.54) is 6.20 Å². The van der Waals surface area contributed by atoms with Gasteiger partial charge in [0.2, 0.25) is 5.91 Å². The van der Waals surface area contributed by atoms with Gasteiger partial charge in [-0.15, -0.1) is 0 Å². The molecular weight excluding hydrogens is 190 g/mol. The monoisotopic (exact) mass is 195 g/mol. The Hall–Kier alpha value is -1.60. The Kier molecular flexibility index (Phi) is 3.23. The van der Waals surface area contributed by atoms with Crippen molar-refractivity contribution >= 4 is 23.3 Å². The maximum absolute atomic E-state index is 10.9. The second-order valence-electron chi connectivity index (χ2n) is 2.24. The van der Waals surface area contributed by atoms with Gasteiger partial charge in [0.15, 0.2) is 0 Å². The van der Waals surface area contributed by atoms with Crippen molar-refractivity contribution in [3.8, 4) is 6.07 Å². The van der Waals surface area contributed by atoms with Gasteiger partial charge in [0.1, 0.15) is 12.2 Å². The summed E-state index contributed by atoms with van der Waals surface area (Å²) in [5.74, 6) is 0.0157. The van der Waals surface area contributed by atoms with E-state index in [-0.39, 0.29) is 12.3 Å². The summed E-state index contributed by atoms with van der Waals surface area (Å²) in [5.41, 5.74) is 0. The first-order chi connectivity index (χ1) is 6.22. The highest BCUT2D eigenvalue weighted by Gasteiger charge is 2.00. The molecule has 0 fully saturated rings. The van der Waals surface area contributed by atoms with Crippen LogP contribution in [0.1, 0.15) is 6.42 Å². The Morgan fingerprint density at radius 3 is 3.00 bits per heavy atom. The van der Waals surface area contributed by atoms with Crippen molar-refractivity contribution in [1.29, 1.82) is 5.26 Å². The molecule has 0 aromatic carbocycles. The van der Waals surface area contributed by atoms with Crippen molar-refractivity contribution in [1.82, 2.24) is 4.98 Å². The van der Waals surface area contributed by atoms with Crippen LogP contribution in [0.5, 0.6) is 0 Å². The third-order valence-corrected chi connectivity index (χ3v) is 1.46. The average Bonchev–Trinajstić information content (AvgIpc) is 2.09. The Balaban J connectivity index is 2.60. The minimum absolute atomic E-state index is 0.176. The van der Waals surface area contributed by atoms with Crippen LogP contribution in [0.25, 0.3) is 0 Å². The molecule has 0 spiro atoms. The predicted octanol–water partition coefficient (Wildman–Crippen LogP) is 1.59. The summed E-state index contributed by atoms with van der Waals surface area (Å²) in [6.45, 7) is 0. The Labute approximate surface area is 80.2 Å². The Bertz CT molecular complexity index is 341. The van der Waals surface area contributed by atoms with Crippen LogP contribution in [-0.2, 0) is 4.79 Å². The smallest absolute Gasteiger partial charge is 0.239 e. The van der Waals surface area contributed by atoms with E-state index in [1.807, 2.05) is 0 Å². The van der Waals surface area contributed by atoms with E-state index in [0.29, 0.717) is 10.8 Å². The number of carbonyl (C=O) groups is 1. The number of halogens is 1. The fraction of sp³-hybridized carbons (Fsp3) is 0.125. The van der Waals surface area contributed by atoms with Crippen LogP contribution < -0.4 is 5.32 Å². The quantitative estimate of drug-likeness (QED) is 0.779. The molecule has 1 heterocycles. The summed E-state index contributed by atoms with van der Waals surface area (Å²) in [6.07, 6.45) is 1.24. The topological polar surface area (TPSA) is 65.8 Å². The molecule has 1 rings (SSSR count). The molecule has 1 aromatic rings. The number of anilines is 1. The molecule has 1 N–H and O–H groups in total. The first-order valence-electron chi connectivity index (χ1n) is 3.50. The average molecular weight is 196 g/mol. The van der Waals surface area contributed by atoms with E-state index < -0.39 is 0 Å².